The van der Waals surface area contributed by atoms with Crippen molar-refractivity contribution in [2.24, 2.45) is 0 Å². The van der Waals surface area contributed by atoms with Crippen molar-refractivity contribution in [1.29, 1.82) is 0 Å². The Bertz CT molecular complexity index is 952. The first-order valence-electron chi connectivity index (χ1n) is 8.10. The third-order valence-corrected chi connectivity index (χ3v) is 4.15. The molecule has 4 rings (SSSR count). The molecule has 1 aromatic carbocycles. The molecule has 0 radical (unpaired) electrons. The van der Waals surface area contributed by atoms with Gasteiger partial charge in [0.1, 0.15) is 12.6 Å². The molecule has 0 spiro atoms. The van der Waals surface area contributed by atoms with E-state index in [1.807, 2.05) is 42.5 Å². The van der Waals surface area contributed by atoms with Gasteiger partial charge in [-0.3, -0.25) is 4.98 Å². The van der Waals surface area contributed by atoms with E-state index in [2.05, 4.69) is 25.8 Å². The highest BCUT2D eigenvalue weighted by molar-refractivity contribution is 5.92. The number of nitrogens with one attached hydrogen (secondary N) is 1. The average molecular weight is 348 g/mol. The topological polar surface area (TPSA) is 94.8 Å². The van der Waals surface area contributed by atoms with Crippen LogP contribution in [-0.4, -0.2) is 31.2 Å². The number of hydrogen-bond acceptors (Lipinski definition) is 7. The molecule has 0 unspecified atom stereocenters. The maximum atomic E-state index is 12.9. The number of ether oxygens (including phenoxy) is 1. The molecule has 1 N–H and O–H groups in total. The number of rotatable bonds is 4. The second kappa shape index (κ2) is 6.75. The number of carbonyl (C=O) groups excluding carboxylic acids is 1. The van der Waals surface area contributed by atoms with Crippen molar-refractivity contribution in [2.45, 2.75) is 19.6 Å². The summed E-state index contributed by atoms with van der Waals surface area (Å²) in [6.45, 7) is 2.00. The first kappa shape index (κ1) is 15.9. The van der Waals surface area contributed by atoms with Gasteiger partial charge >= 0.3 is 5.97 Å². The lowest BCUT2D eigenvalue weighted by molar-refractivity contribution is -0.140. The molecule has 3 heterocycles. The summed E-state index contributed by atoms with van der Waals surface area (Å²) in [7, 11) is 0. The average Bonchev–Trinajstić information content (AvgIpc) is 3.14. The van der Waals surface area contributed by atoms with Crippen LogP contribution in [0.2, 0.25) is 0 Å². The normalized spacial score (nSPS) is 16.0. The van der Waals surface area contributed by atoms with E-state index in [0.29, 0.717) is 17.2 Å². The molecular formula is C18H16N6O2. The molecule has 1 aliphatic heterocycles. The molecule has 26 heavy (non-hydrogen) atoms. The molecule has 0 amide bonds. The monoisotopic (exact) mass is 348 g/mol. The highest BCUT2D eigenvalue weighted by Gasteiger charge is 2.35. The lowest BCUT2D eigenvalue weighted by Crippen LogP contribution is -2.29. The van der Waals surface area contributed by atoms with Crippen LogP contribution in [0, 0.1) is 0 Å². The Labute approximate surface area is 149 Å². The minimum Gasteiger partial charge on any atom is -0.457 e. The van der Waals surface area contributed by atoms with Gasteiger partial charge in [-0.1, -0.05) is 41.5 Å². The van der Waals surface area contributed by atoms with E-state index < -0.39 is 12.0 Å². The number of pyridine rings is 1. The largest absolute Gasteiger partial charge is 0.457 e. The quantitative estimate of drug-likeness (QED) is 0.721. The molecule has 2 aromatic heterocycles. The van der Waals surface area contributed by atoms with Gasteiger partial charge in [0.25, 0.3) is 0 Å². The lowest BCUT2D eigenvalue weighted by atomic mass is 9.97. The zero-order valence-electron chi connectivity index (χ0n) is 14.0. The number of fused-ring (bicyclic) bond motifs is 1. The molecule has 1 aliphatic rings. The summed E-state index contributed by atoms with van der Waals surface area (Å²) in [5, 5.41) is 14.7. The maximum Gasteiger partial charge on any atom is 0.338 e. The van der Waals surface area contributed by atoms with E-state index >= 15 is 0 Å². The Morgan fingerprint density at radius 2 is 2.08 bits per heavy atom. The van der Waals surface area contributed by atoms with Crippen molar-refractivity contribution in [1.82, 2.24) is 25.2 Å². The van der Waals surface area contributed by atoms with Gasteiger partial charge < -0.3 is 10.1 Å². The fourth-order valence-electron chi connectivity index (χ4n) is 2.92. The van der Waals surface area contributed by atoms with Crippen molar-refractivity contribution >= 4 is 11.9 Å². The first-order valence-corrected chi connectivity index (χ1v) is 8.10. The standard InChI is InChI=1S/C18H16N6O2/c1-12-15(17(25)26-11-13-6-3-2-4-7-13)16(14-8-5-9-19-10-14)24-18(20-12)21-22-23-24/h2-10,16H,11H2,1H3,(H,20,21,23)/t16-/m0/s1. The van der Waals surface area contributed by atoms with Gasteiger partial charge in [-0.25, -0.2) is 4.79 Å². The van der Waals surface area contributed by atoms with E-state index in [0.717, 1.165) is 11.1 Å². The second-order valence-electron chi connectivity index (χ2n) is 5.86. The summed E-state index contributed by atoms with van der Waals surface area (Å²) in [6.07, 6.45) is 3.37. The van der Waals surface area contributed by atoms with Gasteiger partial charge in [-0.05, 0) is 34.5 Å². The molecule has 8 nitrogen and oxygen atoms in total. The molecule has 0 saturated heterocycles. The number of allylic oxidation sites excluding steroid dienone is 1. The summed E-state index contributed by atoms with van der Waals surface area (Å²) in [4.78, 5) is 17.0. The number of carbonyl (C=O) groups is 1. The maximum absolute atomic E-state index is 12.9. The number of hydrogen-bond donors (Lipinski definition) is 1. The smallest absolute Gasteiger partial charge is 0.338 e. The number of anilines is 1. The number of tetrazole rings is 1. The molecule has 0 bridgehead atoms. The van der Waals surface area contributed by atoms with Gasteiger partial charge in [-0.2, -0.15) is 4.68 Å². The highest BCUT2D eigenvalue weighted by Crippen LogP contribution is 2.34. The van der Waals surface area contributed by atoms with Gasteiger partial charge in [-0.15, -0.1) is 0 Å². The minimum atomic E-state index is -0.502. The number of nitrogens with zero attached hydrogens (tertiary/aromatic N) is 5. The van der Waals surface area contributed by atoms with Crippen LogP contribution < -0.4 is 5.32 Å². The van der Waals surface area contributed by atoms with Crippen LogP contribution in [0.25, 0.3) is 0 Å². The number of benzene rings is 1. The fraction of sp³-hybridized carbons (Fsp3) is 0.167. The van der Waals surface area contributed by atoms with Crippen LogP contribution in [0.3, 0.4) is 0 Å². The van der Waals surface area contributed by atoms with Crippen LogP contribution in [-0.2, 0) is 16.1 Å². The van der Waals surface area contributed by atoms with E-state index in [9.17, 15) is 4.79 Å². The Morgan fingerprint density at radius 1 is 1.23 bits per heavy atom. The minimum absolute atomic E-state index is 0.193. The van der Waals surface area contributed by atoms with Crippen molar-refractivity contribution in [3.05, 3.63) is 77.3 Å². The van der Waals surface area contributed by atoms with Crippen molar-refractivity contribution in [2.75, 3.05) is 5.32 Å². The fourth-order valence-corrected chi connectivity index (χ4v) is 2.92. The first-order chi connectivity index (χ1) is 12.7. The molecule has 0 saturated carbocycles. The van der Waals surface area contributed by atoms with Gasteiger partial charge in [0, 0.05) is 18.1 Å². The van der Waals surface area contributed by atoms with Crippen molar-refractivity contribution in [3.63, 3.8) is 0 Å². The summed E-state index contributed by atoms with van der Waals surface area (Å²) in [5.74, 6) is 0.0461. The molecule has 130 valence electrons. The van der Waals surface area contributed by atoms with Crippen LogP contribution in [0.4, 0.5) is 5.95 Å². The predicted molar refractivity (Wildman–Crippen MR) is 92.8 cm³/mol. The highest BCUT2D eigenvalue weighted by atomic mass is 16.5. The lowest BCUT2D eigenvalue weighted by Gasteiger charge is -2.27. The van der Waals surface area contributed by atoms with Gasteiger partial charge in [0.2, 0.25) is 5.95 Å². The summed E-state index contributed by atoms with van der Waals surface area (Å²) >= 11 is 0. The molecule has 0 fully saturated rings. The Morgan fingerprint density at radius 3 is 2.85 bits per heavy atom. The summed E-state index contributed by atoms with van der Waals surface area (Å²) in [6, 6.07) is 12.7. The van der Waals surface area contributed by atoms with E-state index in [4.69, 9.17) is 4.74 Å². The molecular weight excluding hydrogens is 332 g/mol. The number of aromatic nitrogens is 5. The molecule has 8 heteroatoms. The van der Waals surface area contributed by atoms with E-state index in [1.54, 1.807) is 24.0 Å². The van der Waals surface area contributed by atoms with Crippen molar-refractivity contribution < 1.29 is 9.53 Å². The van der Waals surface area contributed by atoms with Crippen molar-refractivity contribution in [3.8, 4) is 0 Å². The third kappa shape index (κ3) is 2.92. The summed E-state index contributed by atoms with van der Waals surface area (Å²) < 4.78 is 7.10. The second-order valence-corrected chi connectivity index (χ2v) is 5.86. The van der Waals surface area contributed by atoms with E-state index in [-0.39, 0.29) is 6.61 Å². The SMILES string of the molecule is CC1=C(C(=O)OCc2ccccc2)[C@H](c2cccnc2)n2nnnc2N1. The molecule has 3 aromatic rings. The zero-order chi connectivity index (χ0) is 17.9. The van der Waals surface area contributed by atoms with Crippen LogP contribution >= 0.6 is 0 Å². The number of esters is 1. The Balaban J connectivity index is 1.67. The third-order valence-electron chi connectivity index (χ3n) is 4.15. The Hall–Kier alpha value is -3.55. The Kier molecular flexibility index (Phi) is 4.14. The van der Waals surface area contributed by atoms with Crippen LogP contribution in [0.1, 0.15) is 24.1 Å². The van der Waals surface area contributed by atoms with Crippen LogP contribution in [0.15, 0.2) is 66.1 Å². The summed E-state index contributed by atoms with van der Waals surface area (Å²) in [5.41, 5.74) is 2.82. The van der Waals surface area contributed by atoms with Gasteiger partial charge in [0.15, 0.2) is 0 Å². The molecule has 1 atom stereocenters. The van der Waals surface area contributed by atoms with E-state index in [1.165, 1.54) is 0 Å². The predicted octanol–water partition coefficient (Wildman–Crippen LogP) is 2.10. The van der Waals surface area contributed by atoms with Crippen LogP contribution in [0.5, 0.6) is 0 Å². The zero-order valence-corrected chi connectivity index (χ0v) is 14.0. The molecule has 0 aliphatic carbocycles. The van der Waals surface area contributed by atoms with Gasteiger partial charge in [0.05, 0.1) is 5.57 Å².